The Balaban J connectivity index is 2.46. The zero-order chi connectivity index (χ0) is 15.6. The molecule has 0 aliphatic heterocycles. The summed E-state index contributed by atoms with van der Waals surface area (Å²) in [6.07, 6.45) is 0.796. The quantitative estimate of drug-likeness (QED) is 0.918. The van der Waals surface area contributed by atoms with Gasteiger partial charge in [0, 0.05) is 0 Å². The highest BCUT2D eigenvalue weighted by atomic mass is 32.2. The fourth-order valence-corrected chi connectivity index (χ4v) is 3.50. The van der Waals surface area contributed by atoms with E-state index < -0.39 is 10.0 Å². The summed E-state index contributed by atoms with van der Waals surface area (Å²) >= 11 is 0. The summed E-state index contributed by atoms with van der Waals surface area (Å²) in [5, 5.41) is 3.67. The summed E-state index contributed by atoms with van der Waals surface area (Å²) in [5.41, 5.74) is 1.73. The van der Waals surface area contributed by atoms with Crippen molar-refractivity contribution in [3.63, 3.8) is 0 Å². The van der Waals surface area contributed by atoms with Crippen LogP contribution in [0.2, 0.25) is 0 Å². The second-order valence-corrected chi connectivity index (χ2v) is 6.27. The van der Waals surface area contributed by atoms with Crippen molar-refractivity contribution in [3.8, 4) is 5.75 Å². The Morgan fingerprint density at radius 1 is 1.33 bits per heavy atom. The molecule has 0 aliphatic carbocycles. The van der Waals surface area contributed by atoms with Crippen molar-refractivity contribution >= 4 is 15.7 Å². The van der Waals surface area contributed by atoms with Crippen LogP contribution in [-0.2, 0) is 16.4 Å². The van der Waals surface area contributed by atoms with E-state index in [9.17, 15) is 8.42 Å². The summed E-state index contributed by atoms with van der Waals surface area (Å²) in [4.78, 5) is 0.0615. The smallest absolute Gasteiger partial charge is 0.267 e. The van der Waals surface area contributed by atoms with E-state index in [4.69, 9.17) is 9.26 Å². The van der Waals surface area contributed by atoms with Crippen LogP contribution in [0.15, 0.2) is 27.6 Å². The number of rotatable bonds is 5. The van der Waals surface area contributed by atoms with Crippen LogP contribution in [0.25, 0.3) is 0 Å². The monoisotopic (exact) mass is 310 g/mol. The van der Waals surface area contributed by atoms with Crippen molar-refractivity contribution in [2.75, 3.05) is 11.8 Å². The maximum Gasteiger partial charge on any atom is 0.267 e. The third-order valence-corrected chi connectivity index (χ3v) is 4.76. The van der Waals surface area contributed by atoms with Gasteiger partial charge in [-0.25, -0.2) is 8.42 Å². The van der Waals surface area contributed by atoms with Crippen molar-refractivity contribution in [1.82, 2.24) is 5.16 Å². The molecule has 0 radical (unpaired) electrons. The average Bonchev–Trinajstić information content (AvgIpc) is 2.78. The van der Waals surface area contributed by atoms with Gasteiger partial charge in [-0.05, 0) is 38.0 Å². The van der Waals surface area contributed by atoms with Crippen LogP contribution >= 0.6 is 0 Å². The fraction of sp³-hybridized carbons (Fsp3) is 0.357. The Morgan fingerprint density at radius 2 is 2.05 bits per heavy atom. The predicted molar refractivity (Wildman–Crippen MR) is 79.2 cm³/mol. The standard InChI is InChI=1S/C14H18N2O4S/c1-5-11-6-7-13(19-4)12(8-11)16-21(17,18)14-9(2)15-20-10(14)3/h6-8,16H,5H2,1-4H3. The fourth-order valence-electron chi connectivity index (χ4n) is 2.11. The minimum atomic E-state index is -3.78. The van der Waals surface area contributed by atoms with E-state index in [2.05, 4.69) is 9.88 Å². The average molecular weight is 310 g/mol. The Hall–Kier alpha value is -2.02. The number of aryl methyl sites for hydroxylation is 3. The molecule has 0 fully saturated rings. The zero-order valence-electron chi connectivity index (χ0n) is 12.4. The largest absolute Gasteiger partial charge is 0.495 e. The molecule has 2 aromatic rings. The molecule has 0 spiro atoms. The third-order valence-electron chi connectivity index (χ3n) is 3.15. The molecule has 1 N–H and O–H groups in total. The van der Waals surface area contributed by atoms with Gasteiger partial charge in [0.15, 0.2) is 10.7 Å². The van der Waals surface area contributed by atoms with Crippen LogP contribution in [0.1, 0.15) is 23.9 Å². The Morgan fingerprint density at radius 3 is 2.57 bits per heavy atom. The van der Waals surface area contributed by atoms with Crippen LogP contribution in [-0.4, -0.2) is 20.7 Å². The SMILES string of the molecule is CCc1ccc(OC)c(NS(=O)(=O)c2c(C)noc2C)c1. The number of benzene rings is 1. The highest BCUT2D eigenvalue weighted by Gasteiger charge is 2.25. The first kappa shape index (κ1) is 15.4. The molecule has 0 bridgehead atoms. The third kappa shape index (κ3) is 3.02. The number of nitrogens with zero attached hydrogens (tertiary/aromatic N) is 1. The summed E-state index contributed by atoms with van der Waals surface area (Å²) in [6.45, 7) is 5.15. The van der Waals surface area contributed by atoms with Crippen molar-refractivity contribution in [3.05, 3.63) is 35.2 Å². The van der Waals surface area contributed by atoms with Gasteiger partial charge in [0.05, 0.1) is 12.8 Å². The molecule has 6 nitrogen and oxygen atoms in total. The molecule has 0 amide bonds. The number of anilines is 1. The van der Waals surface area contributed by atoms with Gasteiger partial charge < -0.3 is 9.26 Å². The molecule has 0 saturated heterocycles. The summed E-state index contributed by atoms with van der Waals surface area (Å²) in [5.74, 6) is 0.716. The molecule has 114 valence electrons. The van der Waals surface area contributed by atoms with Gasteiger partial charge in [-0.1, -0.05) is 18.1 Å². The Labute approximate surface area is 124 Å². The molecule has 2 rings (SSSR count). The lowest BCUT2D eigenvalue weighted by Crippen LogP contribution is -2.15. The maximum absolute atomic E-state index is 12.5. The Kier molecular flexibility index (Phi) is 4.22. The van der Waals surface area contributed by atoms with Gasteiger partial charge >= 0.3 is 0 Å². The highest BCUT2D eigenvalue weighted by Crippen LogP contribution is 2.29. The number of hydrogen-bond donors (Lipinski definition) is 1. The highest BCUT2D eigenvalue weighted by molar-refractivity contribution is 7.92. The molecular weight excluding hydrogens is 292 g/mol. The van der Waals surface area contributed by atoms with E-state index in [1.54, 1.807) is 26.0 Å². The number of nitrogens with one attached hydrogen (secondary N) is 1. The van der Waals surface area contributed by atoms with Crippen LogP contribution in [0.3, 0.4) is 0 Å². The van der Waals surface area contributed by atoms with Gasteiger partial charge in [-0.15, -0.1) is 0 Å². The number of sulfonamides is 1. The van der Waals surface area contributed by atoms with E-state index in [1.165, 1.54) is 7.11 Å². The molecule has 1 aromatic heterocycles. The number of ether oxygens (including phenoxy) is 1. The van der Waals surface area contributed by atoms with Crippen molar-refractivity contribution in [1.29, 1.82) is 0 Å². The van der Waals surface area contributed by atoms with Gasteiger partial charge in [0.25, 0.3) is 10.0 Å². The molecule has 1 aromatic carbocycles. The number of aromatic nitrogens is 1. The van der Waals surface area contributed by atoms with Crippen LogP contribution in [0, 0.1) is 13.8 Å². The normalized spacial score (nSPS) is 11.4. The van der Waals surface area contributed by atoms with Gasteiger partial charge in [0.2, 0.25) is 0 Å². The molecule has 21 heavy (non-hydrogen) atoms. The summed E-state index contributed by atoms with van der Waals surface area (Å²) in [6, 6.07) is 5.39. The Bertz CT molecular complexity index is 731. The van der Waals surface area contributed by atoms with Gasteiger partial charge in [0.1, 0.15) is 11.4 Å². The first-order valence-corrected chi connectivity index (χ1v) is 8.00. The number of hydrogen-bond acceptors (Lipinski definition) is 5. The van der Waals surface area contributed by atoms with Gasteiger partial charge in [-0.2, -0.15) is 0 Å². The van der Waals surface area contributed by atoms with E-state index in [0.717, 1.165) is 12.0 Å². The van der Waals surface area contributed by atoms with Crippen molar-refractivity contribution < 1.29 is 17.7 Å². The van der Waals surface area contributed by atoms with Crippen LogP contribution < -0.4 is 9.46 Å². The van der Waals surface area contributed by atoms with Crippen molar-refractivity contribution in [2.45, 2.75) is 32.1 Å². The molecule has 0 unspecified atom stereocenters. The second kappa shape index (κ2) is 5.77. The number of methoxy groups -OCH3 is 1. The maximum atomic E-state index is 12.5. The molecule has 0 saturated carbocycles. The molecule has 1 heterocycles. The minimum absolute atomic E-state index is 0.0615. The van der Waals surface area contributed by atoms with E-state index in [-0.39, 0.29) is 10.7 Å². The lowest BCUT2D eigenvalue weighted by atomic mass is 10.1. The minimum Gasteiger partial charge on any atom is -0.495 e. The van der Waals surface area contributed by atoms with E-state index in [1.807, 2.05) is 13.0 Å². The lowest BCUT2D eigenvalue weighted by molar-refractivity contribution is 0.390. The van der Waals surface area contributed by atoms with E-state index in [0.29, 0.717) is 17.1 Å². The van der Waals surface area contributed by atoms with Crippen molar-refractivity contribution in [2.24, 2.45) is 0 Å². The summed E-state index contributed by atoms with van der Waals surface area (Å²) < 4.78 is 37.7. The van der Waals surface area contributed by atoms with E-state index >= 15 is 0 Å². The predicted octanol–water partition coefficient (Wildman–Crippen LogP) is 2.66. The van der Waals surface area contributed by atoms with Crippen LogP contribution in [0.4, 0.5) is 5.69 Å². The molecule has 0 aliphatic rings. The first-order chi connectivity index (χ1) is 9.89. The van der Waals surface area contributed by atoms with Gasteiger partial charge in [-0.3, -0.25) is 4.72 Å². The van der Waals surface area contributed by atoms with Crippen LogP contribution in [0.5, 0.6) is 5.75 Å². The first-order valence-electron chi connectivity index (χ1n) is 6.51. The lowest BCUT2D eigenvalue weighted by Gasteiger charge is -2.12. The molecular formula is C14H18N2O4S. The zero-order valence-corrected chi connectivity index (χ0v) is 13.2. The second-order valence-electron chi connectivity index (χ2n) is 4.65. The molecule has 7 heteroatoms. The summed E-state index contributed by atoms with van der Waals surface area (Å²) in [7, 11) is -2.28. The molecule has 0 atom stereocenters. The topological polar surface area (TPSA) is 81.4 Å².